The van der Waals surface area contributed by atoms with Crippen molar-refractivity contribution in [2.24, 2.45) is 17.4 Å². The molecule has 12 nitrogen and oxygen atoms in total. The van der Waals surface area contributed by atoms with Gasteiger partial charge in [-0.2, -0.15) is 0 Å². The molecule has 0 aliphatic heterocycles. The van der Waals surface area contributed by atoms with E-state index in [0.717, 1.165) is 0 Å². The van der Waals surface area contributed by atoms with E-state index in [1.165, 1.54) is 0 Å². The molecule has 0 saturated carbocycles. The average molecular weight is 431 g/mol. The molecule has 0 fully saturated rings. The van der Waals surface area contributed by atoms with Crippen molar-refractivity contribution >= 4 is 29.7 Å². The SMILES string of the molecule is CC(C)C(N)C(=O)NC(CCCCN)C(=O)NCC(=O)NC(CCC(=O)O)C(=O)O. The number of amides is 3. The summed E-state index contributed by atoms with van der Waals surface area (Å²) in [5, 5.41) is 24.7. The van der Waals surface area contributed by atoms with Gasteiger partial charge in [0, 0.05) is 6.42 Å². The van der Waals surface area contributed by atoms with Gasteiger partial charge in [-0.3, -0.25) is 19.2 Å². The van der Waals surface area contributed by atoms with E-state index in [4.69, 9.17) is 21.7 Å². The van der Waals surface area contributed by atoms with Crippen molar-refractivity contribution in [3.8, 4) is 0 Å². The Hall–Kier alpha value is -2.73. The number of nitrogens with one attached hydrogen (secondary N) is 3. The van der Waals surface area contributed by atoms with Gasteiger partial charge < -0.3 is 37.6 Å². The number of rotatable bonds is 15. The van der Waals surface area contributed by atoms with Gasteiger partial charge in [0.2, 0.25) is 17.7 Å². The quantitative estimate of drug-likeness (QED) is 0.144. The third kappa shape index (κ3) is 11.3. The van der Waals surface area contributed by atoms with Gasteiger partial charge in [-0.1, -0.05) is 13.8 Å². The molecular weight excluding hydrogens is 398 g/mol. The molecule has 30 heavy (non-hydrogen) atoms. The van der Waals surface area contributed by atoms with Crippen LogP contribution >= 0.6 is 0 Å². The zero-order valence-electron chi connectivity index (χ0n) is 17.3. The van der Waals surface area contributed by atoms with E-state index in [9.17, 15) is 24.0 Å². The molecule has 9 N–H and O–H groups in total. The molecule has 172 valence electrons. The summed E-state index contributed by atoms with van der Waals surface area (Å²) in [4.78, 5) is 58.3. The Morgan fingerprint density at radius 1 is 0.900 bits per heavy atom. The van der Waals surface area contributed by atoms with Crippen LogP contribution in [0.25, 0.3) is 0 Å². The minimum Gasteiger partial charge on any atom is -0.481 e. The van der Waals surface area contributed by atoms with Crippen molar-refractivity contribution in [1.82, 2.24) is 16.0 Å². The molecular formula is C18H33N5O7. The number of hydrogen-bond acceptors (Lipinski definition) is 7. The third-order valence-electron chi connectivity index (χ3n) is 4.30. The summed E-state index contributed by atoms with van der Waals surface area (Å²) in [6.45, 7) is 3.42. The number of carboxylic acids is 2. The van der Waals surface area contributed by atoms with Crippen molar-refractivity contribution in [1.29, 1.82) is 0 Å². The molecule has 0 bridgehead atoms. The second-order valence-corrected chi connectivity index (χ2v) is 7.22. The first-order valence-electron chi connectivity index (χ1n) is 9.77. The smallest absolute Gasteiger partial charge is 0.326 e. The second kappa shape index (κ2) is 14.3. The Morgan fingerprint density at radius 3 is 2.03 bits per heavy atom. The maximum atomic E-state index is 12.4. The first kappa shape index (κ1) is 27.3. The zero-order chi connectivity index (χ0) is 23.3. The normalized spacial score (nSPS) is 13.8. The number of carboxylic acid groups (broad SMARTS) is 2. The minimum atomic E-state index is -1.39. The Morgan fingerprint density at radius 2 is 1.53 bits per heavy atom. The minimum absolute atomic E-state index is 0.137. The highest BCUT2D eigenvalue weighted by molar-refractivity contribution is 5.92. The highest BCUT2D eigenvalue weighted by atomic mass is 16.4. The highest BCUT2D eigenvalue weighted by Gasteiger charge is 2.26. The molecule has 0 saturated heterocycles. The van der Waals surface area contributed by atoms with E-state index >= 15 is 0 Å². The fraction of sp³-hybridized carbons (Fsp3) is 0.722. The number of hydrogen-bond donors (Lipinski definition) is 7. The van der Waals surface area contributed by atoms with Crippen LogP contribution in [-0.2, 0) is 24.0 Å². The van der Waals surface area contributed by atoms with Gasteiger partial charge in [-0.25, -0.2) is 4.79 Å². The van der Waals surface area contributed by atoms with Crippen LogP contribution in [0, 0.1) is 5.92 Å². The first-order chi connectivity index (χ1) is 14.0. The molecule has 0 rings (SSSR count). The van der Waals surface area contributed by atoms with E-state index in [-0.39, 0.29) is 18.8 Å². The summed E-state index contributed by atoms with van der Waals surface area (Å²) in [6.07, 6.45) is 0.760. The standard InChI is InChI=1S/C18H33N5O7/c1-10(2)15(20)17(28)23-11(5-3-4-8-19)16(27)21-9-13(24)22-12(18(29)30)6-7-14(25)26/h10-12,15H,3-9,19-20H2,1-2H3,(H,21,27)(H,22,24)(H,23,28)(H,25,26)(H,29,30). The fourth-order valence-electron chi connectivity index (χ4n) is 2.39. The fourth-order valence-corrected chi connectivity index (χ4v) is 2.39. The molecule has 12 heteroatoms. The third-order valence-corrected chi connectivity index (χ3v) is 4.30. The van der Waals surface area contributed by atoms with Crippen LogP contribution in [0.1, 0.15) is 46.0 Å². The average Bonchev–Trinajstić information content (AvgIpc) is 2.67. The van der Waals surface area contributed by atoms with Crippen molar-refractivity contribution in [3.05, 3.63) is 0 Å². The summed E-state index contributed by atoms with van der Waals surface area (Å²) in [5.41, 5.74) is 11.2. The number of carbonyl (C=O) groups excluding carboxylic acids is 3. The topological polar surface area (TPSA) is 214 Å². The summed E-state index contributed by atoms with van der Waals surface area (Å²) < 4.78 is 0. The molecule has 0 heterocycles. The summed E-state index contributed by atoms with van der Waals surface area (Å²) >= 11 is 0. The molecule has 0 aliphatic rings. The zero-order valence-corrected chi connectivity index (χ0v) is 17.3. The van der Waals surface area contributed by atoms with Crippen molar-refractivity contribution < 1.29 is 34.2 Å². The van der Waals surface area contributed by atoms with Crippen molar-refractivity contribution in [2.45, 2.75) is 64.1 Å². The molecule has 0 aliphatic carbocycles. The van der Waals surface area contributed by atoms with E-state index in [0.29, 0.717) is 19.4 Å². The molecule has 3 unspecified atom stereocenters. The molecule has 3 atom stereocenters. The molecule has 0 aromatic rings. The van der Waals surface area contributed by atoms with Gasteiger partial charge in [0.05, 0.1) is 12.6 Å². The first-order valence-corrected chi connectivity index (χ1v) is 9.77. The van der Waals surface area contributed by atoms with E-state index in [1.807, 2.05) is 0 Å². The Kier molecular flexibility index (Phi) is 13.0. The van der Waals surface area contributed by atoms with Crippen molar-refractivity contribution in [3.63, 3.8) is 0 Å². The lowest BCUT2D eigenvalue weighted by atomic mass is 10.0. The predicted molar refractivity (Wildman–Crippen MR) is 107 cm³/mol. The van der Waals surface area contributed by atoms with Gasteiger partial charge in [0.25, 0.3) is 0 Å². The Balaban J connectivity index is 4.83. The summed E-state index contributed by atoms with van der Waals surface area (Å²) in [5.74, 6) is -4.63. The van der Waals surface area contributed by atoms with Crippen LogP contribution in [0.5, 0.6) is 0 Å². The number of unbranched alkanes of at least 4 members (excludes halogenated alkanes) is 1. The van der Waals surface area contributed by atoms with Crippen LogP contribution in [0.15, 0.2) is 0 Å². The number of aliphatic carboxylic acids is 2. The largest absolute Gasteiger partial charge is 0.481 e. The Bertz CT molecular complexity index is 612. The molecule has 0 aromatic carbocycles. The van der Waals surface area contributed by atoms with E-state index in [2.05, 4.69) is 16.0 Å². The van der Waals surface area contributed by atoms with Gasteiger partial charge in [-0.05, 0) is 38.1 Å². The van der Waals surface area contributed by atoms with E-state index in [1.54, 1.807) is 13.8 Å². The monoisotopic (exact) mass is 431 g/mol. The predicted octanol–water partition coefficient (Wildman–Crippen LogP) is -1.87. The Labute approximate surface area is 175 Å². The maximum Gasteiger partial charge on any atom is 0.326 e. The lowest BCUT2D eigenvalue weighted by Crippen LogP contribution is -2.54. The van der Waals surface area contributed by atoms with E-state index < -0.39 is 60.8 Å². The number of nitrogens with two attached hydrogens (primary N) is 2. The maximum absolute atomic E-state index is 12.4. The van der Waals surface area contributed by atoms with Crippen LogP contribution in [-0.4, -0.2) is 71.1 Å². The molecule has 0 radical (unpaired) electrons. The molecule has 3 amide bonds. The highest BCUT2D eigenvalue weighted by Crippen LogP contribution is 2.04. The van der Waals surface area contributed by atoms with Gasteiger partial charge in [0.1, 0.15) is 12.1 Å². The van der Waals surface area contributed by atoms with Gasteiger partial charge in [0.15, 0.2) is 0 Å². The van der Waals surface area contributed by atoms with Crippen LogP contribution < -0.4 is 27.4 Å². The molecule has 0 aromatic heterocycles. The lowest BCUT2D eigenvalue weighted by Gasteiger charge is -2.22. The molecule has 0 spiro atoms. The van der Waals surface area contributed by atoms with Crippen molar-refractivity contribution in [2.75, 3.05) is 13.1 Å². The lowest BCUT2D eigenvalue weighted by molar-refractivity contribution is -0.143. The summed E-state index contributed by atoms with van der Waals surface area (Å²) in [7, 11) is 0. The van der Waals surface area contributed by atoms with Crippen LogP contribution in [0.2, 0.25) is 0 Å². The van der Waals surface area contributed by atoms with Gasteiger partial charge in [-0.15, -0.1) is 0 Å². The number of carbonyl (C=O) groups is 5. The van der Waals surface area contributed by atoms with Crippen LogP contribution in [0.4, 0.5) is 0 Å². The van der Waals surface area contributed by atoms with Gasteiger partial charge >= 0.3 is 11.9 Å². The summed E-state index contributed by atoms with van der Waals surface area (Å²) in [6, 6.07) is -3.12. The van der Waals surface area contributed by atoms with Crippen LogP contribution in [0.3, 0.4) is 0 Å². The second-order valence-electron chi connectivity index (χ2n) is 7.22.